The number of fused-ring (bicyclic) bond motifs is 1. The lowest BCUT2D eigenvalue weighted by Crippen LogP contribution is -2.44. The number of methoxy groups -OCH3 is 1. The smallest absolute Gasteiger partial charge is 0.276 e. The first-order chi connectivity index (χ1) is 17.1. The highest BCUT2D eigenvalue weighted by molar-refractivity contribution is 5.93. The molecule has 5 rings (SSSR count). The monoisotopic (exact) mass is 481 g/mol. The molecule has 1 N–H and O–H groups in total. The van der Waals surface area contributed by atoms with Crippen molar-refractivity contribution in [1.29, 1.82) is 0 Å². The van der Waals surface area contributed by atoms with E-state index in [2.05, 4.69) is 15.6 Å². The second-order valence-corrected chi connectivity index (χ2v) is 9.96. The molecule has 9 nitrogen and oxygen atoms in total. The third-order valence-corrected chi connectivity index (χ3v) is 7.73. The highest BCUT2D eigenvalue weighted by Gasteiger charge is 2.33. The average molecular weight is 482 g/mol. The van der Waals surface area contributed by atoms with Crippen molar-refractivity contribution < 1.29 is 19.1 Å². The van der Waals surface area contributed by atoms with E-state index in [4.69, 9.17) is 9.47 Å². The first kappa shape index (κ1) is 23.8. The quantitative estimate of drug-likeness (QED) is 0.681. The van der Waals surface area contributed by atoms with Gasteiger partial charge >= 0.3 is 0 Å². The Morgan fingerprint density at radius 2 is 1.83 bits per heavy atom. The Morgan fingerprint density at radius 1 is 1.09 bits per heavy atom. The number of carbonyl (C=O) groups is 2. The van der Waals surface area contributed by atoms with Gasteiger partial charge in [-0.1, -0.05) is 36.6 Å². The van der Waals surface area contributed by atoms with Gasteiger partial charge in [0.05, 0.1) is 26.0 Å². The van der Waals surface area contributed by atoms with Crippen LogP contribution < -0.4 is 10.1 Å². The summed E-state index contributed by atoms with van der Waals surface area (Å²) in [4.78, 5) is 27.7. The average Bonchev–Trinajstić information content (AvgIpc) is 3.35. The SMILES string of the molecule is COc1ccc([C@H]2Cn3nnc(C(=O)N4CCC(C(=O)NCC5CCCCC5)CC4)c3CO2)cc1. The maximum absolute atomic E-state index is 13.2. The summed E-state index contributed by atoms with van der Waals surface area (Å²) < 4.78 is 13.1. The number of carbonyl (C=O) groups excluding carboxylic acids is 2. The molecule has 1 aliphatic carbocycles. The number of aromatic nitrogens is 3. The Morgan fingerprint density at radius 3 is 2.54 bits per heavy atom. The zero-order chi connectivity index (χ0) is 24.2. The Labute approximate surface area is 206 Å². The van der Waals surface area contributed by atoms with Crippen molar-refractivity contribution >= 4 is 11.8 Å². The Kier molecular flexibility index (Phi) is 7.32. The molecule has 2 aromatic rings. The number of nitrogens with one attached hydrogen (secondary N) is 1. The van der Waals surface area contributed by atoms with Crippen LogP contribution >= 0.6 is 0 Å². The van der Waals surface area contributed by atoms with E-state index in [1.807, 2.05) is 24.3 Å². The van der Waals surface area contributed by atoms with Gasteiger partial charge in [-0.25, -0.2) is 4.68 Å². The van der Waals surface area contributed by atoms with E-state index in [9.17, 15) is 9.59 Å². The molecule has 0 unspecified atom stereocenters. The molecule has 0 bridgehead atoms. The molecule has 35 heavy (non-hydrogen) atoms. The molecule has 2 fully saturated rings. The van der Waals surface area contributed by atoms with E-state index >= 15 is 0 Å². The van der Waals surface area contributed by atoms with E-state index in [-0.39, 0.29) is 30.4 Å². The molecule has 1 atom stereocenters. The predicted molar refractivity (Wildman–Crippen MR) is 129 cm³/mol. The number of benzene rings is 1. The summed E-state index contributed by atoms with van der Waals surface area (Å²) in [5, 5.41) is 11.6. The fraction of sp³-hybridized carbons (Fsp3) is 0.615. The fourth-order valence-electron chi connectivity index (χ4n) is 5.47. The lowest BCUT2D eigenvalue weighted by Gasteiger charge is -2.32. The van der Waals surface area contributed by atoms with Crippen LogP contribution in [0.3, 0.4) is 0 Å². The first-order valence-corrected chi connectivity index (χ1v) is 12.9. The fourth-order valence-corrected chi connectivity index (χ4v) is 5.47. The molecule has 1 aromatic heterocycles. The molecular formula is C26H35N5O4. The molecule has 1 saturated heterocycles. The molecule has 3 aliphatic rings. The normalized spacial score (nSPS) is 21.4. The van der Waals surface area contributed by atoms with Crippen molar-refractivity contribution in [3.63, 3.8) is 0 Å². The Hall–Kier alpha value is -2.94. The topological polar surface area (TPSA) is 98.6 Å². The van der Waals surface area contributed by atoms with Crippen molar-refractivity contribution in [1.82, 2.24) is 25.2 Å². The molecule has 3 heterocycles. The number of hydrogen-bond donors (Lipinski definition) is 1. The number of piperidine rings is 1. The number of rotatable bonds is 6. The van der Waals surface area contributed by atoms with Crippen molar-refractivity contribution in [2.24, 2.45) is 11.8 Å². The standard InChI is InChI=1S/C26H35N5O4/c1-34-21-9-7-19(8-10-21)23-16-31-22(17-35-23)24(28-29-31)26(33)30-13-11-20(12-14-30)25(32)27-15-18-5-3-2-4-6-18/h7-10,18,20,23H,2-6,11-17H2,1H3,(H,27,32)/t23-/m1/s1. The van der Waals surface area contributed by atoms with Gasteiger partial charge in [-0.05, 0) is 49.3 Å². The minimum Gasteiger partial charge on any atom is -0.497 e. The van der Waals surface area contributed by atoms with Crippen LogP contribution in [0.25, 0.3) is 0 Å². The number of amides is 2. The number of ether oxygens (including phenoxy) is 2. The minimum absolute atomic E-state index is 0.0229. The number of hydrogen-bond acceptors (Lipinski definition) is 6. The summed E-state index contributed by atoms with van der Waals surface area (Å²) in [5.74, 6) is 1.41. The molecule has 0 radical (unpaired) electrons. The third-order valence-electron chi connectivity index (χ3n) is 7.73. The maximum Gasteiger partial charge on any atom is 0.276 e. The van der Waals surface area contributed by atoms with Crippen molar-refractivity contribution in [2.75, 3.05) is 26.7 Å². The summed E-state index contributed by atoms with van der Waals surface area (Å²) in [6, 6.07) is 7.77. The summed E-state index contributed by atoms with van der Waals surface area (Å²) >= 11 is 0. The molecule has 1 aromatic carbocycles. The van der Waals surface area contributed by atoms with Crippen molar-refractivity contribution in [3.8, 4) is 5.75 Å². The lowest BCUT2D eigenvalue weighted by molar-refractivity contribution is -0.126. The lowest BCUT2D eigenvalue weighted by atomic mass is 9.89. The first-order valence-electron chi connectivity index (χ1n) is 12.9. The van der Waals surface area contributed by atoms with Gasteiger partial charge in [-0.2, -0.15) is 0 Å². The molecule has 2 amide bonds. The van der Waals surface area contributed by atoms with E-state index in [1.54, 1.807) is 16.7 Å². The van der Waals surface area contributed by atoms with Gasteiger partial charge in [0, 0.05) is 25.6 Å². The van der Waals surface area contributed by atoms with E-state index in [0.29, 0.717) is 49.8 Å². The Balaban J connectivity index is 1.13. The van der Waals surface area contributed by atoms with Crippen LogP contribution in [0.4, 0.5) is 0 Å². The second kappa shape index (κ2) is 10.8. The summed E-state index contributed by atoms with van der Waals surface area (Å²) in [6.45, 7) is 2.70. The van der Waals surface area contributed by atoms with Gasteiger partial charge in [0.25, 0.3) is 5.91 Å². The van der Waals surface area contributed by atoms with Gasteiger partial charge in [-0.3, -0.25) is 9.59 Å². The molecular weight excluding hydrogens is 446 g/mol. The van der Waals surface area contributed by atoms with E-state index in [1.165, 1.54) is 32.1 Å². The van der Waals surface area contributed by atoms with Gasteiger partial charge in [0.2, 0.25) is 5.91 Å². The zero-order valence-corrected chi connectivity index (χ0v) is 20.4. The second-order valence-electron chi connectivity index (χ2n) is 9.96. The minimum atomic E-state index is -0.152. The van der Waals surface area contributed by atoms with Crippen molar-refractivity contribution in [2.45, 2.75) is 64.2 Å². The third kappa shape index (κ3) is 5.34. The Bertz CT molecular complexity index is 1020. The van der Waals surface area contributed by atoms with Crippen LogP contribution in [-0.2, 0) is 22.7 Å². The summed E-state index contributed by atoms with van der Waals surface area (Å²) in [7, 11) is 1.64. The van der Waals surface area contributed by atoms with Crippen LogP contribution in [0, 0.1) is 11.8 Å². The molecule has 188 valence electrons. The number of nitrogens with zero attached hydrogens (tertiary/aromatic N) is 4. The highest BCUT2D eigenvalue weighted by Crippen LogP contribution is 2.29. The number of likely N-dealkylation sites (tertiary alicyclic amines) is 1. The van der Waals surface area contributed by atoms with Gasteiger partial charge in [-0.15, -0.1) is 5.10 Å². The molecule has 2 aliphatic heterocycles. The van der Waals surface area contributed by atoms with Crippen LogP contribution in [0.15, 0.2) is 24.3 Å². The van der Waals surface area contributed by atoms with Crippen molar-refractivity contribution in [3.05, 3.63) is 41.2 Å². The molecule has 0 spiro atoms. The van der Waals surface area contributed by atoms with Crippen LogP contribution in [0.5, 0.6) is 5.75 Å². The van der Waals surface area contributed by atoms with E-state index in [0.717, 1.165) is 17.9 Å². The summed E-state index contributed by atoms with van der Waals surface area (Å²) in [5.41, 5.74) is 2.11. The molecule has 9 heteroatoms. The van der Waals surface area contributed by atoms with E-state index < -0.39 is 0 Å². The largest absolute Gasteiger partial charge is 0.497 e. The maximum atomic E-state index is 13.2. The van der Waals surface area contributed by atoms with Crippen LogP contribution in [0.2, 0.25) is 0 Å². The van der Waals surface area contributed by atoms with Crippen LogP contribution in [0.1, 0.15) is 72.8 Å². The summed E-state index contributed by atoms with van der Waals surface area (Å²) in [6.07, 6.45) is 7.54. The van der Waals surface area contributed by atoms with Gasteiger partial charge < -0.3 is 19.7 Å². The van der Waals surface area contributed by atoms with Gasteiger partial charge in [0.15, 0.2) is 5.69 Å². The molecule has 1 saturated carbocycles. The zero-order valence-electron chi connectivity index (χ0n) is 20.4. The van der Waals surface area contributed by atoms with Gasteiger partial charge in [0.1, 0.15) is 11.9 Å². The van der Waals surface area contributed by atoms with Crippen LogP contribution in [-0.4, -0.2) is 58.5 Å². The highest BCUT2D eigenvalue weighted by atomic mass is 16.5. The predicted octanol–water partition coefficient (Wildman–Crippen LogP) is 3.11.